The molecular formula is C30H24N6O. The predicted octanol–water partition coefficient (Wildman–Crippen LogP) is 6.10. The fourth-order valence-electron chi connectivity index (χ4n) is 3.72. The van der Waals surface area contributed by atoms with Gasteiger partial charge in [0.25, 0.3) is 5.91 Å². The van der Waals surface area contributed by atoms with Gasteiger partial charge in [0.15, 0.2) is 0 Å². The van der Waals surface area contributed by atoms with E-state index in [1.54, 1.807) is 48.6 Å². The molecule has 2 N–H and O–H groups in total. The maximum absolute atomic E-state index is 13.0. The van der Waals surface area contributed by atoms with E-state index in [4.69, 9.17) is 6.42 Å². The van der Waals surface area contributed by atoms with Crippen LogP contribution >= 0.6 is 0 Å². The number of nitriles is 1. The summed E-state index contributed by atoms with van der Waals surface area (Å²) >= 11 is 0. The molecule has 7 heteroatoms. The van der Waals surface area contributed by atoms with E-state index in [2.05, 4.69) is 32.7 Å². The molecule has 0 saturated carbocycles. The third-order valence-corrected chi connectivity index (χ3v) is 5.66. The molecule has 180 valence electrons. The SMILES string of the molecule is C#C/N=C\C=C(/C)Nc1ccc(C(=O)N(C)c2ccc(Nc3ccnc4ccc(C#N)cc34)cc2)cc1. The number of pyridine rings is 1. The van der Waals surface area contributed by atoms with Gasteiger partial charge in [0.1, 0.15) is 0 Å². The third kappa shape index (κ3) is 6.00. The largest absolute Gasteiger partial charge is 0.359 e. The number of hydrogen-bond acceptors (Lipinski definition) is 6. The number of allylic oxidation sites excluding steroid dienone is 2. The highest BCUT2D eigenvalue weighted by Crippen LogP contribution is 2.27. The first-order valence-corrected chi connectivity index (χ1v) is 11.4. The average Bonchev–Trinajstić information content (AvgIpc) is 2.93. The van der Waals surface area contributed by atoms with Gasteiger partial charge in [-0.2, -0.15) is 5.26 Å². The minimum absolute atomic E-state index is 0.121. The van der Waals surface area contributed by atoms with Crippen LogP contribution in [-0.4, -0.2) is 24.2 Å². The standard InChI is InChI=1S/C30H24N6O/c1-4-32-17-15-21(2)34-24-8-6-23(7-9-24)30(37)36(3)26-12-10-25(11-13-26)35-29-16-18-33-28-14-5-22(20-31)19-27(28)29/h1,5-19,34H,2-3H3,(H,33,35)/b21-15+,32-17-. The lowest BCUT2D eigenvalue weighted by Gasteiger charge is -2.18. The van der Waals surface area contributed by atoms with Gasteiger partial charge in [0, 0.05) is 64.9 Å². The van der Waals surface area contributed by atoms with Crippen LogP contribution in [-0.2, 0) is 0 Å². The number of carbonyl (C=O) groups is 1. The van der Waals surface area contributed by atoms with Crippen LogP contribution in [0.25, 0.3) is 10.9 Å². The van der Waals surface area contributed by atoms with E-state index >= 15 is 0 Å². The Morgan fingerprint density at radius 1 is 1.05 bits per heavy atom. The fraction of sp³-hybridized carbons (Fsp3) is 0.0667. The number of benzene rings is 3. The highest BCUT2D eigenvalue weighted by molar-refractivity contribution is 6.06. The Bertz CT molecular complexity index is 1570. The second-order valence-electron chi connectivity index (χ2n) is 8.20. The second kappa shape index (κ2) is 11.4. The highest BCUT2D eigenvalue weighted by atomic mass is 16.2. The van der Waals surface area contributed by atoms with Crippen LogP contribution in [0.3, 0.4) is 0 Å². The zero-order chi connectivity index (χ0) is 26.2. The van der Waals surface area contributed by atoms with E-state index in [0.717, 1.165) is 39.3 Å². The monoisotopic (exact) mass is 484 g/mol. The predicted molar refractivity (Wildman–Crippen MR) is 150 cm³/mol. The van der Waals surface area contributed by atoms with Gasteiger partial charge in [-0.05, 0) is 85.8 Å². The third-order valence-electron chi connectivity index (χ3n) is 5.66. The molecule has 0 aliphatic rings. The maximum Gasteiger partial charge on any atom is 0.258 e. The van der Waals surface area contributed by atoms with Crippen LogP contribution < -0.4 is 15.5 Å². The summed E-state index contributed by atoms with van der Waals surface area (Å²) < 4.78 is 0. The number of nitrogens with one attached hydrogen (secondary N) is 2. The average molecular weight is 485 g/mol. The summed E-state index contributed by atoms with van der Waals surface area (Å²) in [6, 6.07) is 26.5. The molecular weight excluding hydrogens is 460 g/mol. The molecule has 4 aromatic rings. The number of aromatic nitrogens is 1. The molecule has 4 rings (SSSR count). The van der Waals surface area contributed by atoms with E-state index in [-0.39, 0.29) is 5.91 Å². The van der Waals surface area contributed by atoms with Gasteiger partial charge >= 0.3 is 0 Å². The van der Waals surface area contributed by atoms with Gasteiger partial charge in [0.05, 0.1) is 17.1 Å². The van der Waals surface area contributed by atoms with Crippen LogP contribution in [0.4, 0.5) is 22.7 Å². The molecule has 0 radical (unpaired) electrons. The molecule has 0 atom stereocenters. The first-order valence-electron chi connectivity index (χ1n) is 11.4. The van der Waals surface area contributed by atoms with Gasteiger partial charge < -0.3 is 15.5 Å². The lowest BCUT2D eigenvalue weighted by molar-refractivity contribution is 0.0993. The Morgan fingerprint density at radius 2 is 1.78 bits per heavy atom. The smallest absolute Gasteiger partial charge is 0.258 e. The molecule has 0 unspecified atom stereocenters. The summed E-state index contributed by atoms with van der Waals surface area (Å²) in [6.45, 7) is 1.90. The van der Waals surface area contributed by atoms with E-state index in [9.17, 15) is 10.1 Å². The molecule has 3 aromatic carbocycles. The van der Waals surface area contributed by atoms with Crippen molar-refractivity contribution < 1.29 is 4.79 Å². The minimum atomic E-state index is -0.121. The number of carbonyl (C=O) groups excluding carboxylic acids is 1. The van der Waals surface area contributed by atoms with Gasteiger partial charge in [-0.25, -0.2) is 4.99 Å². The van der Waals surface area contributed by atoms with Crippen LogP contribution in [0.1, 0.15) is 22.8 Å². The van der Waals surface area contributed by atoms with Crippen LogP contribution in [0.15, 0.2) is 95.8 Å². The van der Waals surface area contributed by atoms with Gasteiger partial charge in [0.2, 0.25) is 0 Å². The van der Waals surface area contributed by atoms with Crippen LogP contribution in [0.2, 0.25) is 0 Å². The van der Waals surface area contributed by atoms with E-state index < -0.39 is 0 Å². The number of aliphatic imine (C=N–C) groups is 1. The zero-order valence-corrected chi connectivity index (χ0v) is 20.4. The molecule has 0 bridgehead atoms. The Labute approximate surface area is 215 Å². The fourth-order valence-corrected chi connectivity index (χ4v) is 3.72. The summed E-state index contributed by atoms with van der Waals surface area (Å²) in [4.78, 5) is 22.7. The summed E-state index contributed by atoms with van der Waals surface area (Å²) in [6.07, 6.45) is 10.1. The summed E-state index contributed by atoms with van der Waals surface area (Å²) in [5.74, 6) is -0.121. The summed E-state index contributed by atoms with van der Waals surface area (Å²) in [5, 5.41) is 16.7. The number of terminal acetylenes is 1. The quantitative estimate of drug-likeness (QED) is 0.244. The molecule has 1 aromatic heterocycles. The first kappa shape index (κ1) is 24.7. The van der Waals surface area contributed by atoms with Crippen molar-refractivity contribution in [2.75, 3.05) is 22.6 Å². The molecule has 7 nitrogen and oxygen atoms in total. The van der Waals surface area contributed by atoms with Gasteiger partial charge in [-0.1, -0.05) is 6.42 Å². The second-order valence-corrected chi connectivity index (χ2v) is 8.20. The van der Waals surface area contributed by atoms with Crippen molar-refractivity contribution in [2.45, 2.75) is 6.92 Å². The van der Waals surface area contributed by atoms with Gasteiger partial charge in [-0.3, -0.25) is 9.78 Å². The van der Waals surface area contributed by atoms with Crippen LogP contribution in [0.5, 0.6) is 0 Å². The molecule has 1 amide bonds. The number of fused-ring (bicyclic) bond motifs is 1. The normalized spacial score (nSPS) is 11.1. The lowest BCUT2D eigenvalue weighted by atomic mass is 10.1. The van der Waals surface area contributed by atoms with Crippen LogP contribution in [0, 0.1) is 23.8 Å². The molecule has 0 aliphatic heterocycles. The first-order chi connectivity index (χ1) is 18.0. The van der Waals surface area contributed by atoms with Crippen molar-refractivity contribution in [3.63, 3.8) is 0 Å². The number of hydrogen-bond donors (Lipinski definition) is 2. The van der Waals surface area contributed by atoms with E-state index in [1.165, 1.54) is 0 Å². The maximum atomic E-state index is 13.0. The van der Waals surface area contributed by atoms with Crippen molar-refractivity contribution in [3.8, 4) is 18.5 Å². The molecule has 37 heavy (non-hydrogen) atoms. The Balaban J connectivity index is 1.44. The Hall–Kier alpha value is -5.40. The van der Waals surface area contributed by atoms with Gasteiger partial charge in [-0.15, -0.1) is 0 Å². The Morgan fingerprint density at radius 3 is 2.49 bits per heavy atom. The Kier molecular flexibility index (Phi) is 7.58. The number of rotatable bonds is 7. The molecule has 0 spiro atoms. The summed E-state index contributed by atoms with van der Waals surface area (Å²) in [7, 11) is 1.74. The molecule has 1 heterocycles. The molecule has 0 aliphatic carbocycles. The topological polar surface area (TPSA) is 93.4 Å². The number of amides is 1. The van der Waals surface area contributed by atoms with Crippen molar-refractivity contribution in [1.82, 2.24) is 4.98 Å². The molecule has 0 saturated heterocycles. The van der Waals surface area contributed by atoms with E-state index in [1.807, 2.05) is 61.5 Å². The number of nitrogens with zero attached hydrogens (tertiary/aromatic N) is 4. The lowest BCUT2D eigenvalue weighted by Crippen LogP contribution is -2.26. The van der Waals surface area contributed by atoms with E-state index in [0.29, 0.717) is 11.1 Å². The van der Waals surface area contributed by atoms with Crippen molar-refractivity contribution in [1.29, 1.82) is 5.26 Å². The van der Waals surface area contributed by atoms with Crippen molar-refractivity contribution in [2.24, 2.45) is 4.99 Å². The molecule has 0 fully saturated rings. The van der Waals surface area contributed by atoms with Crippen molar-refractivity contribution >= 4 is 45.8 Å². The summed E-state index contributed by atoms with van der Waals surface area (Å²) in [5.41, 5.74) is 6.13. The van der Waals surface area contributed by atoms with Crippen molar-refractivity contribution in [3.05, 3.63) is 102 Å². The zero-order valence-electron chi connectivity index (χ0n) is 20.4. The minimum Gasteiger partial charge on any atom is -0.359 e. The highest BCUT2D eigenvalue weighted by Gasteiger charge is 2.14. The number of anilines is 4.